The molecule has 120 valence electrons. The van der Waals surface area contributed by atoms with E-state index in [-0.39, 0.29) is 24.8 Å². The van der Waals surface area contributed by atoms with E-state index in [0.717, 1.165) is 0 Å². The number of nitrogens with one attached hydrogen (secondary N) is 2. The maximum atomic E-state index is 11.8. The first-order valence-electron chi connectivity index (χ1n) is 6.89. The van der Waals surface area contributed by atoms with Crippen molar-refractivity contribution in [2.24, 2.45) is 0 Å². The zero-order valence-corrected chi connectivity index (χ0v) is 13.3. The van der Waals surface area contributed by atoms with Gasteiger partial charge in [0, 0.05) is 29.6 Å². The van der Waals surface area contributed by atoms with E-state index in [1.54, 1.807) is 35.7 Å². The van der Waals surface area contributed by atoms with Crippen LogP contribution in [0.15, 0.2) is 41.1 Å². The molecule has 0 aliphatic heterocycles. The molecule has 0 radical (unpaired) electrons. The Kier molecular flexibility index (Phi) is 5.87. The zero-order chi connectivity index (χ0) is 16.7. The molecule has 7 heteroatoms. The van der Waals surface area contributed by atoms with Crippen molar-refractivity contribution in [3.8, 4) is 0 Å². The number of ether oxygens (including phenoxy) is 1. The largest absolute Gasteiger partial charge is 0.465 e. The molecule has 2 rings (SSSR count). The van der Waals surface area contributed by atoms with E-state index in [2.05, 4.69) is 15.4 Å². The molecule has 0 atom stereocenters. The minimum Gasteiger partial charge on any atom is -0.465 e. The molecular weight excluding hydrogens is 316 g/mol. The molecule has 0 unspecified atom stereocenters. The lowest BCUT2D eigenvalue weighted by atomic mass is 10.2. The Morgan fingerprint density at radius 3 is 2.43 bits per heavy atom. The second-order valence-electron chi connectivity index (χ2n) is 4.64. The monoisotopic (exact) mass is 332 g/mol. The van der Waals surface area contributed by atoms with E-state index in [1.165, 1.54) is 18.4 Å². The van der Waals surface area contributed by atoms with Gasteiger partial charge in [-0.15, -0.1) is 0 Å². The Hall–Kier alpha value is -2.67. The standard InChI is InChI=1S/C16H16N2O4S/c1-22-16(21)11-2-4-13(5-3-11)18-14(19)6-8-17-15(20)12-7-9-23-10-12/h2-5,7,9-10H,6,8H2,1H3,(H,17,20)(H,18,19). The smallest absolute Gasteiger partial charge is 0.337 e. The fourth-order valence-corrected chi connectivity index (χ4v) is 2.45. The van der Waals surface area contributed by atoms with Crippen molar-refractivity contribution in [2.45, 2.75) is 6.42 Å². The van der Waals surface area contributed by atoms with Crippen LogP contribution in [-0.2, 0) is 9.53 Å². The highest BCUT2D eigenvalue weighted by atomic mass is 32.1. The van der Waals surface area contributed by atoms with E-state index < -0.39 is 5.97 Å². The lowest BCUT2D eigenvalue weighted by molar-refractivity contribution is -0.116. The van der Waals surface area contributed by atoms with E-state index in [0.29, 0.717) is 16.8 Å². The van der Waals surface area contributed by atoms with Gasteiger partial charge in [-0.25, -0.2) is 4.79 Å². The van der Waals surface area contributed by atoms with Crippen molar-refractivity contribution in [3.05, 3.63) is 52.2 Å². The number of hydrogen-bond acceptors (Lipinski definition) is 5. The molecule has 2 N–H and O–H groups in total. The summed E-state index contributed by atoms with van der Waals surface area (Å²) in [6, 6.07) is 8.10. The topological polar surface area (TPSA) is 84.5 Å². The van der Waals surface area contributed by atoms with Crippen LogP contribution in [0.4, 0.5) is 5.69 Å². The van der Waals surface area contributed by atoms with Crippen LogP contribution in [0, 0.1) is 0 Å². The van der Waals surface area contributed by atoms with Gasteiger partial charge in [-0.3, -0.25) is 9.59 Å². The van der Waals surface area contributed by atoms with Crippen LogP contribution in [0.2, 0.25) is 0 Å². The van der Waals surface area contributed by atoms with Gasteiger partial charge in [0.25, 0.3) is 5.91 Å². The van der Waals surface area contributed by atoms with Crippen molar-refractivity contribution >= 4 is 34.8 Å². The lowest BCUT2D eigenvalue weighted by Gasteiger charge is -2.07. The SMILES string of the molecule is COC(=O)c1ccc(NC(=O)CCNC(=O)c2ccsc2)cc1. The summed E-state index contributed by atoms with van der Waals surface area (Å²) in [5.41, 5.74) is 1.58. The van der Waals surface area contributed by atoms with Gasteiger partial charge in [0.05, 0.1) is 12.7 Å². The average molecular weight is 332 g/mol. The Balaban J connectivity index is 1.76. The predicted octanol–water partition coefficient (Wildman–Crippen LogP) is 2.29. The Morgan fingerprint density at radius 2 is 1.83 bits per heavy atom. The summed E-state index contributed by atoms with van der Waals surface area (Å²) in [7, 11) is 1.31. The van der Waals surface area contributed by atoms with Crippen molar-refractivity contribution in [2.75, 3.05) is 19.0 Å². The molecule has 1 heterocycles. The van der Waals surface area contributed by atoms with Crippen molar-refractivity contribution in [3.63, 3.8) is 0 Å². The van der Waals surface area contributed by atoms with E-state index in [4.69, 9.17) is 0 Å². The van der Waals surface area contributed by atoms with E-state index >= 15 is 0 Å². The highest BCUT2D eigenvalue weighted by Crippen LogP contribution is 2.10. The quantitative estimate of drug-likeness (QED) is 0.795. The lowest BCUT2D eigenvalue weighted by Crippen LogP contribution is -2.27. The number of anilines is 1. The molecule has 2 aromatic rings. The number of carbonyl (C=O) groups is 3. The minimum absolute atomic E-state index is 0.161. The normalized spacial score (nSPS) is 9.96. The van der Waals surface area contributed by atoms with Crippen LogP contribution < -0.4 is 10.6 Å². The Bertz CT molecular complexity index is 681. The van der Waals surface area contributed by atoms with Gasteiger partial charge in [-0.1, -0.05) is 0 Å². The van der Waals surface area contributed by atoms with Gasteiger partial charge in [-0.05, 0) is 35.7 Å². The summed E-state index contributed by atoms with van der Waals surface area (Å²) < 4.78 is 4.60. The number of benzene rings is 1. The molecule has 2 amide bonds. The first-order chi connectivity index (χ1) is 11.1. The number of carbonyl (C=O) groups excluding carboxylic acids is 3. The summed E-state index contributed by atoms with van der Waals surface area (Å²) in [4.78, 5) is 34.8. The summed E-state index contributed by atoms with van der Waals surface area (Å²) in [5.74, 6) is -0.845. The summed E-state index contributed by atoms with van der Waals surface area (Å²) >= 11 is 1.44. The van der Waals surface area contributed by atoms with Crippen LogP contribution in [-0.4, -0.2) is 31.4 Å². The molecule has 0 spiro atoms. The summed E-state index contributed by atoms with van der Waals surface area (Å²) in [6.45, 7) is 0.251. The first-order valence-corrected chi connectivity index (χ1v) is 7.83. The molecule has 0 saturated carbocycles. The average Bonchev–Trinajstić information content (AvgIpc) is 3.09. The third kappa shape index (κ3) is 4.93. The molecule has 0 bridgehead atoms. The summed E-state index contributed by atoms with van der Waals surface area (Å²) in [5, 5.41) is 8.94. The van der Waals surface area contributed by atoms with E-state index in [1.807, 2.05) is 5.38 Å². The predicted molar refractivity (Wildman–Crippen MR) is 87.7 cm³/mol. The van der Waals surface area contributed by atoms with Gasteiger partial charge in [-0.2, -0.15) is 11.3 Å². The van der Waals surface area contributed by atoms with Crippen molar-refractivity contribution < 1.29 is 19.1 Å². The Morgan fingerprint density at radius 1 is 1.09 bits per heavy atom. The fraction of sp³-hybridized carbons (Fsp3) is 0.188. The second-order valence-corrected chi connectivity index (χ2v) is 5.42. The van der Waals surface area contributed by atoms with Crippen LogP contribution in [0.1, 0.15) is 27.1 Å². The van der Waals surface area contributed by atoms with Crippen LogP contribution in [0.3, 0.4) is 0 Å². The molecule has 0 fully saturated rings. The highest BCUT2D eigenvalue weighted by Gasteiger charge is 2.08. The van der Waals surface area contributed by atoms with Gasteiger partial charge in [0.15, 0.2) is 0 Å². The number of thiophene rings is 1. The number of hydrogen-bond donors (Lipinski definition) is 2. The van der Waals surface area contributed by atoms with Crippen LogP contribution in [0.25, 0.3) is 0 Å². The van der Waals surface area contributed by atoms with Crippen LogP contribution >= 0.6 is 11.3 Å². The minimum atomic E-state index is -0.431. The van der Waals surface area contributed by atoms with Crippen molar-refractivity contribution in [1.29, 1.82) is 0 Å². The summed E-state index contributed by atoms with van der Waals surface area (Å²) in [6.07, 6.45) is 0.161. The molecular formula is C16H16N2O4S. The molecule has 0 aliphatic carbocycles. The molecule has 1 aromatic carbocycles. The number of amides is 2. The van der Waals surface area contributed by atoms with Gasteiger partial charge in [0.2, 0.25) is 5.91 Å². The van der Waals surface area contributed by atoms with Gasteiger partial charge >= 0.3 is 5.97 Å². The number of rotatable bonds is 6. The maximum absolute atomic E-state index is 11.8. The first kappa shape index (κ1) is 16.7. The number of esters is 1. The number of methoxy groups -OCH3 is 1. The van der Waals surface area contributed by atoms with Gasteiger partial charge in [0.1, 0.15) is 0 Å². The van der Waals surface area contributed by atoms with Gasteiger partial charge < -0.3 is 15.4 Å². The Labute approximate surface area is 137 Å². The van der Waals surface area contributed by atoms with Crippen LogP contribution in [0.5, 0.6) is 0 Å². The third-order valence-electron chi connectivity index (χ3n) is 3.01. The zero-order valence-electron chi connectivity index (χ0n) is 12.5. The molecule has 0 aliphatic rings. The maximum Gasteiger partial charge on any atom is 0.337 e. The van der Waals surface area contributed by atoms with E-state index in [9.17, 15) is 14.4 Å². The van der Waals surface area contributed by atoms with Crippen molar-refractivity contribution in [1.82, 2.24) is 5.32 Å². The second kappa shape index (κ2) is 8.09. The highest BCUT2D eigenvalue weighted by molar-refractivity contribution is 7.08. The molecule has 1 aromatic heterocycles. The third-order valence-corrected chi connectivity index (χ3v) is 3.69. The fourth-order valence-electron chi connectivity index (χ4n) is 1.82. The molecule has 0 saturated heterocycles. The molecule has 23 heavy (non-hydrogen) atoms. The molecule has 6 nitrogen and oxygen atoms in total.